The van der Waals surface area contributed by atoms with Crippen LogP contribution in [0.2, 0.25) is 0 Å². The predicted octanol–water partition coefficient (Wildman–Crippen LogP) is 1.80. The number of guanidine groups is 1. The Morgan fingerprint density at radius 1 is 1.29 bits per heavy atom. The highest BCUT2D eigenvalue weighted by molar-refractivity contribution is 5.81. The molecule has 1 aliphatic carbocycles. The summed E-state index contributed by atoms with van der Waals surface area (Å²) in [7, 11) is 4.22. The monoisotopic (exact) mass is 286 g/mol. The topological polar surface area (TPSA) is 44.9 Å². The van der Waals surface area contributed by atoms with Crippen molar-refractivity contribution in [3.8, 4) is 0 Å². The van der Waals surface area contributed by atoms with Gasteiger partial charge in [-0.15, -0.1) is 0 Å². The first-order chi connectivity index (χ1) is 10.1. The minimum absolute atomic E-state index is 0.00676. The normalized spacial score (nSPS) is 25.1. The molecule has 114 valence electrons. The number of aliphatic imine (C=N–C) groups is 1. The second-order valence-corrected chi connectivity index (χ2v) is 6.53. The minimum atomic E-state index is -0.00676. The van der Waals surface area contributed by atoms with Gasteiger partial charge in [-0.3, -0.25) is 4.99 Å². The van der Waals surface area contributed by atoms with Crippen molar-refractivity contribution in [1.29, 1.82) is 0 Å². The summed E-state index contributed by atoms with van der Waals surface area (Å²) in [6, 6.07) is 8.88. The van der Waals surface area contributed by atoms with Crippen LogP contribution >= 0.6 is 0 Å². The molecular weight excluding hydrogens is 260 g/mol. The molecule has 4 nitrogen and oxygen atoms in total. The van der Waals surface area contributed by atoms with Crippen LogP contribution in [0, 0.1) is 0 Å². The van der Waals surface area contributed by atoms with Crippen molar-refractivity contribution in [3.63, 3.8) is 0 Å². The summed E-state index contributed by atoms with van der Waals surface area (Å²) in [4.78, 5) is 9.18. The molecule has 3 rings (SSSR count). The molecule has 2 N–H and O–H groups in total. The zero-order valence-electron chi connectivity index (χ0n) is 13.2. The molecule has 1 aliphatic heterocycles. The van der Waals surface area contributed by atoms with Crippen LogP contribution in [0.4, 0.5) is 0 Å². The second-order valence-electron chi connectivity index (χ2n) is 6.53. The van der Waals surface area contributed by atoms with Crippen molar-refractivity contribution in [2.45, 2.75) is 31.2 Å². The number of hydrogen-bond acceptors (Lipinski definition) is 4. The van der Waals surface area contributed by atoms with Gasteiger partial charge >= 0.3 is 0 Å². The van der Waals surface area contributed by atoms with Gasteiger partial charge in [-0.2, -0.15) is 0 Å². The van der Waals surface area contributed by atoms with Crippen molar-refractivity contribution >= 4 is 5.96 Å². The van der Waals surface area contributed by atoms with Gasteiger partial charge in [0.1, 0.15) is 0 Å². The first-order valence-corrected chi connectivity index (χ1v) is 7.94. The van der Waals surface area contributed by atoms with Crippen molar-refractivity contribution < 1.29 is 0 Å². The Bertz CT molecular complexity index is 537. The average molecular weight is 286 g/mol. The molecule has 0 bridgehead atoms. The highest BCUT2D eigenvalue weighted by atomic mass is 15.4. The Hall–Kier alpha value is -1.55. The molecular formula is C17H26N4. The van der Waals surface area contributed by atoms with Gasteiger partial charge in [-0.25, -0.2) is 0 Å². The average Bonchev–Trinajstić information content (AvgIpc) is 2.67. The third kappa shape index (κ3) is 2.53. The summed E-state index contributed by atoms with van der Waals surface area (Å²) < 4.78 is 0. The second kappa shape index (κ2) is 5.68. The lowest BCUT2D eigenvalue weighted by Gasteiger charge is -2.40. The molecule has 1 aromatic carbocycles. The number of benzene rings is 1. The van der Waals surface area contributed by atoms with E-state index in [4.69, 9.17) is 5.73 Å². The maximum absolute atomic E-state index is 6.24. The fourth-order valence-corrected chi connectivity index (χ4v) is 3.73. The Morgan fingerprint density at radius 3 is 2.90 bits per heavy atom. The maximum atomic E-state index is 6.24. The summed E-state index contributed by atoms with van der Waals surface area (Å²) in [6.45, 7) is 2.75. The lowest BCUT2D eigenvalue weighted by Crippen LogP contribution is -2.51. The molecule has 1 aromatic rings. The van der Waals surface area contributed by atoms with Crippen LogP contribution in [-0.2, 0) is 12.0 Å². The van der Waals surface area contributed by atoms with Gasteiger partial charge in [0.2, 0.25) is 0 Å². The van der Waals surface area contributed by atoms with Gasteiger partial charge in [-0.05, 0) is 44.5 Å². The number of nitrogens with two attached hydrogens (primary N) is 1. The van der Waals surface area contributed by atoms with Crippen LogP contribution in [0.15, 0.2) is 29.3 Å². The van der Waals surface area contributed by atoms with E-state index in [2.05, 4.69) is 53.2 Å². The molecule has 0 radical (unpaired) electrons. The van der Waals surface area contributed by atoms with Gasteiger partial charge in [0.15, 0.2) is 5.96 Å². The Balaban J connectivity index is 1.98. The zero-order chi connectivity index (χ0) is 14.9. The smallest absolute Gasteiger partial charge is 0.192 e. The standard InChI is InChI=1S/C17H26N4/c1-20(2)11-12-21-16(18)19-13-17(21)10-6-5-8-14-7-3-4-9-15(14)17/h3-4,7,9H,5-6,8,10-13H2,1-2H3,(H2,18,19). The summed E-state index contributed by atoms with van der Waals surface area (Å²) in [5, 5.41) is 0. The van der Waals surface area contributed by atoms with Crippen LogP contribution in [0.1, 0.15) is 30.4 Å². The van der Waals surface area contributed by atoms with E-state index in [9.17, 15) is 0 Å². The summed E-state index contributed by atoms with van der Waals surface area (Å²) in [5.74, 6) is 0.716. The molecule has 4 heteroatoms. The molecule has 1 atom stereocenters. The van der Waals surface area contributed by atoms with E-state index < -0.39 is 0 Å². The summed E-state index contributed by atoms with van der Waals surface area (Å²) in [6.07, 6.45) is 4.84. The summed E-state index contributed by atoms with van der Waals surface area (Å²) >= 11 is 0. The minimum Gasteiger partial charge on any atom is -0.370 e. The van der Waals surface area contributed by atoms with Crippen LogP contribution < -0.4 is 5.73 Å². The lowest BCUT2D eigenvalue weighted by atomic mass is 9.83. The van der Waals surface area contributed by atoms with Gasteiger partial charge in [-0.1, -0.05) is 30.7 Å². The third-order valence-electron chi connectivity index (χ3n) is 4.87. The molecule has 1 heterocycles. The van der Waals surface area contributed by atoms with Gasteiger partial charge < -0.3 is 15.5 Å². The van der Waals surface area contributed by atoms with E-state index in [0.29, 0.717) is 5.96 Å². The maximum Gasteiger partial charge on any atom is 0.192 e. The van der Waals surface area contributed by atoms with E-state index in [1.807, 2.05) is 0 Å². The Kier molecular flexibility index (Phi) is 3.89. The molecule has 1 spiro atoms. The van der Waals surface area contributed by atoms with Crippen LogP contribution in [0.3, 0.4) is 0 Å². The number of nitrogens with zero attached hydrogens (tertiary/aromatic N) is 3. The van der Waals surface area contributed by atoms with Crippen molar-refractivity contribution in [3.05, 3.63) is 35.4 Å². The van der Waals surface area contributed by atoms with Crippen molar-refractivity contribution in [2.24, 2.45) is 10.7 Å². The number of rotatable bonds is 3. The lowest BCUT2D eigenvalue weighted by molar-refractivity contribution is 0.171. The van der Waals surface area contributed by atoms with E-state index in [0.717, 1.165) is 26.1 Å². The molecule has 0 amide bonds. The fraction of sp³-hybridized carbons (Fsp3) is 0.588. The fourth-order valence-electron chi connectivity index (χ4n) is 3.73. The molecule has 0 aromatic heterocycles. The highest BCUT2D eigenvalue weighted by Gasteiger charge is 2.44. The summed E-state index contributed by atoms with van der Waals surface area (Å²) in [5.41, 5.74) is 9.16. The highest BCUT2D eigenvalue weighted by Crippen LogP contribution is 2.41. The number of likely N-dealkylation sites (N-methyl/N-ethyl adjacent to an activating group) is 1. The molecule has 0 saturated carbocycles. The molecule has 21 heavy (non-hydrogen) atoms. The van der Waals surface area contributed by atoms with Crippen LogP contribution in [0.25, 0.3) is 0 Å². The van der Waals surface area contributed by atoms with E-state index >= 15 is 0 Å². The quantitative estimate of drug-likeness (QED) is 0.921. The SMILES string of the molecule is CN(C)CCN1C(N)=NCC12CCCCc1ccccc12. The van der Waals surface area contributed by atoms with Crippen molar-refractivity contribution in [1.82, 2.24) is 9.80 Å². The predicted molar refractivity (Wildman–Crippen MR) is 87.4 cm³/mol. The van der Waals surface area contributed by atoms with Crippen LogP contribution in [-0.4, -0.2) is 49.5 Å². The molecule has 0 saturated heterocycles. The number of hydrogen-bond donors (Lipinski definition) is 1. The Morgan fingerprint density at radius 2 is 2.10 bits per heavy atom. The van der Waals surface area contributed by atoms with E-state index in [-0.39, 0.29) is 5.54 Å². The molecule has 2 aliphatic rings. The first kappa shape index (κ1) is 14.4. The van der Waals surface area contributed by atoms with Gasteiger partial charge in [0.25, 0.3) is 0 Å². The van der Waals surface area contributed by atoms with Gasteiger partial charge in [0.05, 0.1) is 12.1 Å². The van der Waals surface area contributed by atoms with Gasteiger partial charge in [0, 0.05) is 13.1 Å². The van der Waals surface area contributed by atoms with E-state index in [1.165, 1.54) is 30.4 Å². The molecule has 1 unspecified atom stereocenters. The Labute approximate surface area is 127 Å². The van der Waals surface area contributed by atoms with E-state index in [1.54, 1.807) is 0 Å². The number of aryl methyl sites for hydroxylation is 1. The third-order valence-corrected chi connectivity index (χ3v) is 4.87. The zero-order valence-corrected chi connectivity index (χ0v) is 13.2. The van der Waals surface area contributed by atoms with Crippen molar-refractivity contribution in [2.75, 3.05) is 33.7 Å². The largest absolute Gasteiger partial charge is 0.370 e. The molecule has 0 fully saturated rings. The number of fused-ring (bicyclic) bond motifs is 2. The van der Waals surface area contributed by atoms with Crippen LogP contribution in [0.5, 0.6) is 0 Å². The first-order valence-electron chi connectivity index (χ1n) is 7.94.